The molecule has 1 atom stereocenters. The average Bonchev–Trinajstić information content (AvgIpc) is 2.14. The van der Waals surface area contributed by atoms with E-state index in [9.17, 15) is 8.42 Å². The number of pyridine rings is 1. The van der Waals surface area contributed by atoms with E-state index in [-0.39, 0.29) is 11.1 Å². The molecular formula is C9H12BrNO3S. The van der Waals surface area contributed by atoms with Gasteiger partial charge in [0.2, 0.25) is 0 Å². The number of halogens is 1. The van der Waals surface area contributed by atoms with Gasteiger partial charge < -0.3 is 4.74 Å². The lowest BCUT2D eigenvalue weighted by atomic mass is 10.2. The van der Waals surface area contributed by atoms with Crippen LogP contribution in [0.5, 0.6) is 0 Å². The van der Waals surface area contributed by atoms with Crippen molar-refractivity contribution in [3.8, 4) is 0 Å². The molecule has 0 spiro atoms. The number of hydrogen-bond acceptors (Lipinski definition) is 4. The zero-order chi connectivity index (χ0) is 11.6. The van der Waals surface area contributed by atoms with Gasteiger partial charge in [-0.3, -0.25) is 0 Å². The van der Waals surface area contributed by atoms with Crippen molar-refractivity contribution < 1.29 is 13.2 Å². The van der Waals surface area contributed by atoms with E-state index in [1.165, 1.54) is 6.07 Å². The second kappa shape index (κ2) is 4.59. The van der Waals surface area contributed by atoms with Crippen LogP contribution in [-0.4, -0.2) is 26.8 Å². The summed E-state index contributed by atoms with van der Waals surface area (Å²) >= 11 is 3.17. The fraction of sp³-hybridized carbons (Fsp3) is 0.444. The molecule has 1 heterocycles. The maximum atomic E-state index is 11.3. The monoisotopic (exact) mass is 293 g/mol. The number of rotatable bonds is 3. The van der Waals surface area contributed by atoms with Gasteiger partial charge in [-0.05, 0) is 40.5 Å². The highest BCUT2D eigenvalue weighted by atomic mass is 79.9. The standard InChI is InChI=1S/C9H12BrNO3S/c1-6(14-2)7-4-8(10)11-9(5-7)15(3,12)13/h4-6H,1-3H3/t6-/m0/s1. The molecule has 1 rings (SSSR count). The van der Waals surface area contributed by atoms with Gasteiger partial charge >= 0.3 is 0 Å². The molecule has 0 saturated carbocycles. The van der Waals surface area contributed by atoms with Crippen LogP contribution in [-0.2, 0) is 14.6 Å². The third-order valence-corrected chi connectivity index (χ3v) is 3.37. The predicted octanol–water partition coefficient (Wildman–Crippen LogP) is 1.96. The molecule has 4 nitrogen and oxygen atoms in total. The molecular weight excluding hydrogens is 282 g/mol. The SMILES string of the molecule is CO[C@@H](C)c1cc(Br)nc(S(C)(=O)=O)c1. The zero-order valence-electron chi connectivity index (χ0n) is 8.69. The van der Waals surface area contributed by atoms with Crippen molar-refractivity contribution in [3.05, 3.63) is 22.3 Å². The van der Waals surface area contributed by atoms with Crippen LogP contribution in [0.2, 0.25) is 0 Å². The van der Waals surface area contributed by atoms with Crippen LogP contribution >= 0.6 is 15.9 Å². The van der Waals surface area contributed by atoms with Crippen LogP contribution in [0.3, 0.4) is 0 Å². The van der Waals surface area contributed by atoms with Gasteiger partial charge in [0.05, 0.1) is 6.10 Å². The number of ether oxygens (including phenoxy) is 1. The molecule has 0 fully saturated rings. The third-order valence-electron chi connectivity index (χ3n) is 2.00. The lowest BCUT2D eigenvalue weighted by Crippen LogP contribution is -2.04. The van der Waals surface area contributed by atoms with Crippen LogP contribution in [0.15, 0.2) is 21.8 Å². The molecule has 1 aromatic rings. The molecule has 15 heavy (non-hydrogen) atoms. The van der Waals surface area contributed by atoms with Gasteiger partial charge in [0.1, 0.15) is 4.60 Å². The van der Waals surface area contributed by atoms with Crippen molar-refractivity contribution in [1.82, 2.24) is 4.98 Å². The highest BCUT2D eigenvalue weighted by Gasteiger charge is 2.14. The molecule has 0 saturated heterocycles. The molecule has 0 aliphatic rings. The molecule has 0 amide bonds. The van der Waals surface area contributed by atoms with Crippen molar-refractivity contribution in [3.63, 3.8) is 0 Å². The summed E-state index contributed by atoms with van der Waals surface area (Å²) in [5, 5.41) is 0.0516. The molecule has 84 valence electrons. The number of hydrogen-bond donors (Lipinski definition) is 0. The Morgan fingerprint density at radius 3 is 2.53 bits per heavy atom. The van der Waals surface area contributed by atoms with Crippen LogP contribution in [0, 0.1) is 0 Å². The van der Waals surface area contributed by atoms with Crippen molar-refractivity contribution in [2.24, 2.45) is 0 Å². The fourth-order valence-electron chi connectivity index (χ4n) is 1.05. The van der Waals surface area contributed by atoms with E-state index in [0.29, 0.717) is 4.60 Å². The van der Waals surface area contributed by atoms with E-state index < -0.39 is 9.84 Å². The van der Waals surface area contributed by atoms with E-state index >= 15 is 0 Å². The van der Waals surface area contributed by atoms with Gasteiger partial charge in [-0.2, -0.15) is 0 Å². The molecule has 6 heteroatoms. The molecule has 0 aliphatic carbocycles. The van der Waals surface area contributed by atoms with Crippen LogP contribution in [0.25, 0.3) is 0 Å². The summed E-state index contributed by atoms with van der Waals surface area (Å²) in [4.78, 5) is 3.89. The van der Waals surface area contributed by atoms with E-state index in [0.717, 1.165) is 11.8 Å². The first-order valence-corrected chi connectivity index (χ1v) is 6.93. The van der Waals surface area contributed by atoms with Gasteiger partial charge in [-0.1, -0.05) is 0 Å². The number of aromatic nitrogens is 1. The summed E-state index contributed by atoms with van der Waals surface area (Å²) in [7, 11) is -1.72. The highest BCUT2D eigenvalue weighted by Crippen LogP contribution is 2.22. The first kappa shape index (κ1) is 12.6. The zero-order valence-corrected chi connectivity index (χ0v) is 11.1. The Morgan fingerprint density at radius 1 is 1.47 bits per heavy atom. The lowest BCUT2D eigenvalue weighted by Gasteiger charge is -2.11. The van der Waals surface area contributed by atoms with E-state index in [1.54, 1.807) is 13.2 Å². The third kappa shape index (κ3) is 3.25. The van der Waals surface area contributed by atoms with Gasteiger partial charge in [0.15, 0.2) is 14.9 Å². The van der Waals surface area contributed by atoms with E-state index in [2.05, 4.69) is 20.9 Å². The summed E-state index contributed by atoms with van der Waals surface area (Å²) in [5.74, 6) is 0. The Hall–Kier alpha value is -0.460. The molecule has 0 unspecified atom stereocenters. The molecule has 0 aliphatic heterocycles. The van der Waals surface area contributed by atoms with E-state index in [1.807, 2.05) is 6.92 Å². The Kier molecular flexibility index (Phi) is 3.86. The van der Waals surface area contributed by atoms with Crippen molar-refractivity contribution >= 4 is 25.8 Å². The number of nitrogens with zero attached hydrogens (tertiary/aromatic N) is 1. The quantitative estimate of drug-likeness (QED) is 0.800. The Labute approximate surface area is 97.7 Å². The Bertz CT molecular complexity index is 458. The second-order valence-corrected chi connectivity index (χ2v) is 5.99. The minimum absolute atomic E-state index is 0.0516. The summed E-state index contributed by atoms with van der Waals surface area (Å²) < 4.78 is 28.3. The number of methoxy groups -OCH3 is 1. The van der Waals surface area contributed by atoms with Crippen molar-refractivity contribution in [2.45, 2.75) is 18.1 Å². The maximum Gasteiger partial charge on any atom is 0.192 e. The first-order chi connectivity index (χ1) is 6.84. The normalized spacial score (nSPS) is 13.9. The largest absolute Gasteiger partial charge is 0.377 e. The molecule has 0 bridgehead atoms. The molecule has 0 N–H and O–H groups in total. The lowest BCUT2D eigenvalue weighted by molar-refractivity contribution is 0.119. The summed E-state index contributed by atoms with van der Waals surface area (Å²) in [6.45, 7) is 1.84. The van der Waals surface area contributed by atoms with Crippen molar-refractivity contribution in [2.75, 3.05) is 13.4 Å². The Morgan fingerprint density at radius 2 is 2.07 bits per heavy atom. The van der Waals surface area contributed by atoms with Gasteiger partial charge in [0.25, 0.3) is 0 Å². The number of sulfone groups is 1. The van der Waals surface area contributed by atoms with Gasteiger partial charge in [0, 0.05) is 13.4 Å². The van der Waals surface area contributed by atoms with Crippen LogP contribution in [0.4, 0.5) is 0 Å². The summed E-state index contributed by atoms with van der Waals surface area (Å²) in [5.41, 5.74) is 0.778. The average molecular weight is 294 g/mol. The van der Waals surface area contributed by atoms with Gasteiger partial charge in [-0.25, -0.2) is 13.4 Å². The minimum Gasteiger partial charge on any atom is -0.377 e. The van der Waals surface area contributed by atoms with E-state index in [4.69, 9.17) is 4.74 Å². The molecule has 0 aromatic carbocycles. The van der Waals surface area contributed by atoms with Crippen molar-refractivity contribution in [1.29, 1.82) is 0 Å². The molecule has 1 aromatic heterocycles. The first-order valence-electron chi connectivity index (χ1n) is 4.25. The Balaban J connectivity index is 3.29. The predicted molar refractivity (Wildman–Crippen MR) is 60.5 cm³/mol. The minimum atomic E-state index is -3.29. The van der Waals surface area contributed by atoms with Gasteiger partial charge in [-0.15, -0.1) is 0 Å². The second-order valence-electron chi connectivity index (χ2n) is 3.21. The molecule has 0 radical (unpaired) electrons. The summed E-state index contributed by atoms with van der Waals surface area (Å²) in [6.07, 6.45) is 0.966. The topological polar surface area (TPSA) is 56.3 Å². The van der Waals surface area contributed by atoms with Crippen LogP contribution < -0.4 is 0 Å². The maximum absolute atomic E-state index is 11.3. The summed E-state index contributed by atoms with van der Waals surface area (Å²) in [6, 6.07) is 3.26. The highest BCUT2D eigenvalue weighted by molar-refractivity contribution is 9.10. The van der Waals surface area contributed by atoms with Crippen LogP contribution in [0.1, 0.15) is 18.6 Å². The fourth-order valence-corrected chi connectivity index (χ4v) is 2.24. The smallest absolute Gasteiger partial charge is 0.192 e.